The number of hydrogen-bond acceptors (Lipinski definition) is 7. The number of esters is 3. The normalized spacial score (nSPS) is 11.0. The van der Waals surface area contributed by atoms with Gasteiger partial charge in [-0.15, -0.1) is 0 Å². The van der Waals surface area contributed by atoms with Crippen LogP contribution < -0.4 is 4.74 Å². The third kappa shape index (κ3) is 4.15. The highest BCUT2D eigenvalue weighted by molar-refractivity contribution is 6.21. The van der Waals surface area contributed by atoms with Crippen LogP contribution in [0, 0.1) is 6.92 Å². The molecule has 1 rings (SSSR count). The molecule has 0 fully saturated rings. The summed E-state index contributed by atoms with van der Waals surface area (Å²) in [6.07, 6.45) is 0.967. The number of ether oxygens (including phenoxy) is 4. The number of H-pyrrole nitrogens is 1. The Balaban J connectivity index is 3.57. The fraction of sp³-hybridized carbons (Fsp3) is 0.438. The summed E-state index contributed by atoms with van der Waals surface area (Å²) in [5.74, 6) is -2.00. The molecule has 8 heteroatoms. The van der Waals surface area contributed by atoms with Crippen molar-refractivity contribution >= 4 is 23.5 Å². The Hall–Kier alpha value is -2.77. The smallest absolute Gasteiger partial charge is 0.343 e. The van der Waals surface area contributed by atoms with E-state index in [1.807, 2.05) is 0 Å². The fourth-order valence-electron chi connectivity index (χ4n) is 2.05. The maximum absolute atomic E-state index is 12.2. The number of carbonyl (C=O) groups excluding carboxylic acids is 3. The van der Waals surface area contributed by atoms with Crippen molar-refractivity contribution in [2.45, 2.75) is 20.8 Å². The molecule has 132 valence electrons. The second-order valence-corrected chi connectivity index (χ2v) is 4.56. The Morgan fingerprint density at radius 1 is 1.08 bits per heavy atom. The molecule has 0 radical (unpaired) electrons. The molecule has 0 saturated carbocycles. The van der Waals surface area contributed by atoms with E-state index in [0.29, 0.717) is 5.69 Å². The van der Waals surface area contributed by atoms with E-state index in [1.165, 1.54) is 14.2 Å². The van der Waals surface area contributed by atoms with Gasteiger partial charge >= 0.3 is 17.9 Å². The summed E-state index contributed by atoms with van der Waals surface area (Å²) in [7, 11) is 2.36. The maximum Gasteiger partial charge on any atom is 0.343 e. The predicted molar refractivity (Wildman–Crippen MR) is 84.7 cm³/mol. The highest BCUT2D eigenvalue weighted by Crippen LogP contribution is 2.33. The molecule has 1 heterocycles. The van der Waals surface area contributed by atoms with Gasteiger partial charge in [0, 0.05) is 11.8 Å². The summed E-state index contributed by atoms with van der Waals surface area (Å²) < 4.78 is 19.8. The van der Waals surface area contributed by atoms with Crippen molar-refractivity contribution in [1.29, 1.82) is 0 Å². The minimum absolute atomic E-state index is 0.119. The topological polar surface area (TPSA) is 104 Å². The van der Waals surface area contributed by atoms with Gasteiger partial charge in [0.1, 0.15) is 5.56 Å². The first-order chi connectivity index (χ1) is 11.4. The van der Waals surface area contributed by atoms with E-state index < -0.39 is 17.9 Å². The van der Waals surface area contributed by atoms with Crippen LogP contribution in [0.1, 0.15) is 35.6 Å². The Morgan fingerprint density at radius 2 is 1.75 bits per heavy atom. The third-order valence-electron chi connectivity index (χ3n) is 3.05. The van der Waals surface area contributed by atoms with Gasteiger partial charge in [-0.1, -0.05) is 0 Å². The Bertz CT molecular complexity index is 658. The molecule has 0 saturated heterocycles. The Kier molecular flexibility index (Phi) is 7.03. The lowest BCUT2D eigenvalue weighted by molar-refractivity contribution is -0.136. The first kappa shape index (κ1) is 19.3. The zero-order valence-corrected chi connectivity index (χ0v) is 14.3. The van der Waals surface area contributed by atoms with Crippen LogP contribution >= 0.6 is 0 Å². The number of aryl methyl sites for hydroxylation is 1. The number of hydrogen-bond donors (Lipinski definition) is 1. The highest BCUT2D eigenvalue weighted by Gasteiger charge is 2.29. The largest absolute Gasteiger partial charge is 0.491 e. The molecule has 0 aliphatic carbocycles. The summed E-state index contributed by atoms with van der Waals surface area (Å²) in [5, 5.41) is 0. The molecule has 0 aliphatic rings. The van der Waals surface area contributed by atoms with E-state index in [9.17, 15) is 14.4 Å². The zero-order valence-electron chi connectivity index (χ0n) is 14.3. The summed E-state index contributed by atoms with van der Waals surface area (Å²) in [4.78, 5) is 38.7. The SMILES string of the molecule is CCOC(=O)c1c(C)[nH]c(/C(=C\C(=O)OC)C(=O)OC)c1OCC. The molecular weight excluding hydrogens is 318 g/mol. The Labute approximate surface area is 139 Å². The van der Waals surface area contributed by atoms with Gasteiger partial charge in [-0.3, -0.25) is 0 Å². The first-order valence-corrected chi connectivity index (χ1v) is 7.31. The molecule has 0 unspecified atom stereocenters. The number of methoxy groups -OCH3 is 2. The summed E-state index contributed by atoms with van der Waals surface area (Å²) in [6, 6.07) is 0. The van der Waals surface area contributed by atoms with E-state index in [-0.39, 0.29) is 35.8 Å². The van der Waals surface area contributed by atoms with E-state index in [0.717, 1.165) is 6.08 Å². The van der Waals surface area contributed by atoms with Crippen LogP contribution in [0.4, 0.5) is 0 Å². The predicted octanol–water partition coefficient (Wildman–Crippen LogP) is 1.63. The minimum atomic E-state index is -0.780. The first-order valence-electron chi connectivity index (χ1n) is 7.31. The molecule has 0 aliphatic heterocycles. The quantitative estimate of drug-likeness (QED) is 0.457. The van der Waals surface area contributed by atoms with Crippen LogP contribution in [-0.2, 0) is 23.8 Å². The Morgan fingerprint density at radius 3 is 2.25 bits per heavy atom. The number of aromatic nitrogens is 1. The molecule has 0 amide bonds. The number of carbonyl (C=O) groups is 3. The van der Waals surface area contributed by atoms with E-state index in [2.05, 4.69) is 9.72 Å². The van der Waals surface area contributed by atoms with Crippen LogP contribution in [0.2, 0.25) is 0 Å². The van der Waals surface area contributed by atoms with Gasteiger partial charge in [0.25, 0.3) is 0 Å². The van der Waals surface area contributed by atoms with Crippen molar-refractivity contribution in [2.75, 3.05) is 27.4 Å². The molecule has 0 atom stereocenters. The van der Waals surface area contributed by atoms with Gasteiger partial charge in [0.2, 0.25) is 0 Å². The molecule has 1 N–H and O–H groups in total. The lowest BCUT2D eigenvalue weighted by Crippen LogP contribution is -2.10. The van der Waals surface area contributed by atoms with Crippen molar-refractivity contribution in [3.63, 3.8) is 0 Å². The fourth-order valence-corrected chi connectivity index (χ4v) is 2.05. The summed E-state index contributed by atoms with van der Waals surface area (Å²) in [5.41, 5.74) is 0.626. The molecule has 1 aromatic rings. The number of rotatable bonds is 7. The lowest BCUT2D eigenvalue weighted by Gasteiger charge is -2.09. The summed E-state index contributed by atoms with van der Waals surface area (Å²) >= 11 is 0. The molecule has 0 aromatic carbocycles. The van der Waals surface area contributed by atoms with Gasteiger partial charge < -0.3 is 23.9 Å². The average molecular weight is 339 g/mol. The van der Waals surface area contributed by atoms with Gasteiger partial charge in [-0.2, -0.15) is 0 Å². The number of aromatic amines is 1. The van der Waals surface area contributed by atoms with Gasteiger partial charge in [0.05, 0.1) is 38.7 Å². The lowest BCUT2D eigenvalue weighted by atomic mass is 10.1. The van der Waals surface area contributed by atoms with Crippen LogP contribution in [0.15, 0.2) is 6.08 Å². The van der Waals surface area contributed by atoms with Crippen molar-refractivity contribution in [3.8, 4) is 5.75 Å². The average Bonchev–Trinajstić information content (AvgIpc) is 2.88. The second-order valence-electron chi connectivity index (χ2n) is 4.56. The molecule has 0 spiro atoms. The van der Waals surface area contributed by atoms with Crippen molar-refractivity contribution in [1.82, 2.24) is 4.98 Å². The maximum atomic E-state index is 12.2. The van der Waals surface area contributed by atoms with Crippen molar-refractivity contribution < 1.29 is 33.3 Å². The molecule has 8 nitrogen and oxygen atoms in total. The second kappa shape index (κ2) is 8.76. The highest BCUT2D eigenvalue weighted by atomic mass is 16.5. The molecule has 1 aromatic heterocycles. The van der Waals surface area contributed by atoms with Crippen LogP contribution in [0.3, 0.4) is 0 Å². The molecule has 0 bridgehead atoms. The van der Waals surface area contributed by atoms with Gasteiger partial charge in [0.15, 0.2) is 5.75 Å². The van der Waals surface area contributed by atoms with Crippen molar-refractivity contribution in [3.05, 3.63) is 23.0 Å². The minimum Gasteiger partial charge on any atom is -0.491 e. The van der Waals surface area contributed by atoms with Crippen LogP contribution in [0.25, 0.3) is 5.57 Å². The van der Waals surface area contributed by atoms with Crippen LogP contribution in [-0.4, -0.2) is 50.3 Å². The van der Waals surface area contributed by atoms with E-state index >= 15 is 0 Å². The summed E-state index contributed by atoms with van der Waals surface area (Å²) in [6.45, 7) is 5.46. The van der Waals surface area contributed by atoms with Gasteiger partial charge in [-0.05, 0) is 20.8 Å². The third-order valence-corrected chi connectivity index (χ3v) is 3.05. The monoisotopic (exact) mass is 339 g/mol. The van der Waals surface area contributed by atoms with Crippen molar-refractivity contribution in [2.24, 2.45) is 0 Å². The molecular formula is C16H21NO7. The van der Waals surface area contributed by atoms with Crippen LogP contribution in [0.5, 0.6) is 5.75 Å². The van der Waals surface area contributed by atoms with Gasteiger partial charge in [-0.25, -0.2) is 14.4 Å². The van der Waals surface area contributed by atoms with E-state index in [4.69, 9.17) is 14.2 Å². The standard InChI is InChI=1S/C16H21NO7/c1-6-23-14-12(16(20)24-7-2)9(3)17-13(14)10(15(19)22-5)8-11(18)21-4/h8,17H,6-7H2,1-5H3/b10-8+. The van der Waals surface area contributed by atoms with E-state index in [1.54, 1.807) is 20.8 Å². The molecule has 24 heavy (non-hydrogen) atoms. The zero-order chi connectivity index (χ0) is 18.3. The number of nitrogens with one attached hydrogen (secondary N) is 1.